The van der Waals surface area contributed by atoms with Gasteiger partial charge in [-0.3, -0.25) is 0 Å². The molecular weight excluding hydrogens is 224 g/mol. The van der Waals surface area contributed by atoms with Gasteiger partial charge >= 0.3 is 0 Å². The third-order valence-corrected chi connectivity index (χ3v) is 7.03. The molecule has 17 heavy (non-hydrogen) atoms. The van der Waals surface area contributed by atoms with E-state index in [9.17, 15) is 0 Å². The molecule has 4 saturated carbocycles. The molecule has 1 heterocycles. The molecule has 0 spiro atoms. The van der Waals surface area contributed by atoms with E-state index < -0.39 is 0 Å². The van der Waals surface area contributed by atoms with Crippen LogP contribution in [0.1, 0.15) is 56.2 Å². The Morgan fingerprint density at radius 3 is 2.18 bits per heavy atom. The van der Waals surface area contributed by atoms with E-state index in [1.54, 1.807) is 43.4 Å². The van der Waals surface area contributed by atoms with Crippen molar-refractivity contribution in [3.8, 4) is 0 Å². The van der Waals surface area contributed by atoms with Crippen LogP contribution >= 0.6 is 11.3 Å². The molecule has 1 heteroatoms. The number of rotatable bonds is 2. The van der Waals surface area contributed by atoms with Gasteiger partial charge in [0, 0.05) is 4.88 Å². The summed E-state index contributed by atoms with van der Waals surface area (Å²) >= 11 is 1.98. The fraction of sp³-hybridized carbons (Fsp3) is 0.750. The van der Waals surface area contributed by atoms with Crippen LogP contribution in [0.5, 0.6) is 0 Å². The van der Waals surface area contributed by atoms with Gasteiger partial charge in [0.25, 0.3) is 0 Å². The van der Waals surface area contributed by atoms with Crippen molar-refractivity contribution >= 4 is 11.3 Å². The second-order valence-corrected chi connectivity index (χ2v) is 8.00. The number of thiophene rings is 1. The predicted molar refractivity (Wildman–Crippen MR) is 73.3 cm³/mol. The largest absolute Gasteiger partial charge is 0.149 e. The lowest BCUT2D eigenvalue weighted by atomic mass is 9.46. The molecule has 4 fully saturated rings. The number of hydrogen-bond donors (Lipinski definition) is 0. The Morgan fingerprint density at radius 1 is 1.12 bits per heavy atom. The van der Waals surface area contributed by atoms with Crippen molar-refractivity contribution in [3.63, 3.8) is 0 Å². The first-order valence-corrected chi connectivity index (χ1v) is 8.16. The lowest BCUT2D eigenvalue weighted by Gasteiger charge is -2.59. The highest BCUT2D eigenvalue weighted by atomic mass is 32.1. The molecule has 0 nitrogen and oxygen atoms in total. The predicted octanol–water partition coefficient (Wildman–Crippen LogP) is 5.07. The summed E-state index contributed by atoms with van der Waals surface area (Å²) in [6, 6.07) is 4.60. The minimum absolute atomic E-state index is 0.694. The normalized spacial score (nSPS) is 45.1. The van der Waals surface area contributed by atoms with Crippen LogP contribution in [-0.2, 0) is 0 Å². The van der Waals surface area contributed by atoms with E-state index in [1.807, 2.05) is 11.3 Å². The van der Waals surface area contributed by atoms with Crippen LogP contribution < -0.4 is 0 Å². The van der Waals surface area contributed by atoms with Crippen molar-refractivity contribution in [3.05, 3.63) is 22.4 Å². The van der Waals surface area contributed by atoms with Gasteiger partial charge in [0.1, 0.15) is 0 Å². The molecule has 0 N–H and O–H groups in total. The molecule has 4 aliphatic carbocycles. The second-order valence-electron chi connectivity index (χ2n) is 7.02. The zero-order valence-electron chi connectivity index (χ0n) is 10.7. The second kappa shape index (κ2) is 3.60. The Hall–Kier alpha value is -0.300. The van der Waals surface area contributed by atoms with Gasteiger partial charge in [-0.05, 0) is 79.1 Å². The lowest BCUT2D eigenvalue weighted by molar-refractivity contribution is -0.0650. The molecule has 0 aliphatic heterocycles. The van der Waals surface area contributed by atoms with Crippen LogP contribution in [0.15, 0.2) is 17.5 Å². The first-order chi connectivity index (χ1) is 8.25. The maximum atomic E-state index is 2.51. The summed E-state index contributed by atoms with van der Waals surface area (Å²) in [6.45, 7) is 2.51. The van der Waals surface area contributed by atoms with E-state index in [-0.39, 0.29) is 0 Å². The van der Waals surface area contributed by atoms with E-state index in [4.69, 9.17) is 0 Å². The average molecular weight is 246 g/mol. The Balaban J connectivity index is 1.68. The van der Waals surface area contributed by atoms with E-state index in [0.29, 0.717) is 5.41 Å². The Kier molecular flexibility index (Phi) is 2.25. The Morgan fingerprint density at radius 2 is 1.71 bits per heavy atom. The summed E-state index contributed by atoms with van der Waals surface area (Å²) in [5.74, 6) is 4.08. The van der Waals surface area contributed by atoms with Crippen molar-refractivity contribution in [2.75, 3.05) is 0 Å². The zero-order valence-corrected chi connectivity index (χ0v) is 11.5. The van der Waals surface area contributed by atoms with Crippen molar-refractivity contribution < 1.29 is 0 Å². The van der Waals surface area contributed by atoms with Gasteiger partial charge in [-0.15, -0.1) is 11.3 Å². The van der Waals surface area contributed by atoms with Crippen LogP contribution in [0, 0.1) is 23.2 Å². The standard InChI is InChI=1S/C16H22S/c1-11(15-3-2-4-17-15)16-8-12-5-13(9-16)7-14(6-12)10-16/h2-4,11-14H,5-10H2,1H3. The molecule has 1 aromatic heterocycles. The van der Waals surface area contributed by atoms with E-state index >= 15 is 0 Å². The zero-order chi connectivity index (χ0) is 11.5. The van der Waals surface area contributed by atoms with E-state index in [0.717, 1.165) is 23.7 Å². The van der Waals surface area contributed by atoms with Crippen LogP contribution in [0.3, 0.4) is 0 Å². The molecule has 4 aliphatic rings. The molecule has 0 aromatic carbocycles. The van der Waals surface area contributed by atoms with Crippen LogP contribution in [0.4, 0.5) is 0 Å². The van der Waals surface area contributed by atoms with Crippen molar-refractivity contribution in [1.29, 1.82) is 0 Å². The molecule has 1 unspecified atom stereocenters. The van der Waals surface area contributed by atoms with E-state index in [2.05, 4.69) is 24.4 Å². The highest BCUT2D eigenvalue weighted by molar-refractivity contribution is 7.10. The Bertz CT molecular complexity index is 368. The summed E-state index contributed by atoms with van der Waals surface area (Å²) in [5.41, 5.74) is 0.694. The molecule has 1 aromatic rings. The van der Waals surface area contributed by atoms with Crippen molar-refractivity contribution in [2.45, 2.75) is 51.4 Å². The molecule has 1 atom stereocenters. The quantitative estimate of drug-likeness (QED) is 0.683. The first kappa shape index (κ1) is 10.6. The minimum atomic E-state index is 0.694. The summed E-state index contributed by atoms with van der Waals surface area (Å²) in [7, 11) is 0. The topological polar surface area (TPSA) is 0 Å². The maximum Gasteiger partial charge on any atom is 0.00789 e. The van der Waals surface area contributed by atoms with Crippen molar-refractivity contribution in [1.82, 2.24) is 0 Å². The highest BCUT2D eigenvalue weighted by Crippen LogP contribution is 2.64. The summed E-state index contributed by atoms with van der Waals surface area (Å²) in [6.07, 6.45) is 9.32. The highest BCUT2D eigenvalue weighted by Gasteiger charge is 2.53. The SMILES string of the molecule is CC(c1cccs1)C12CC3CC(CC(C3)C1)C2. The lowest BCUT2D eigenvalue weighted by Crippen LogP contribution is -2.48. The maximum absolute atomic E-state index is 2.51. The molecule has 0 amide bonds. The van der Waals surface area contributed by atoms with Crippen molar-refractivity contribution in [2.24, 2.45) is 23.2 Å². The molecule has 0 radical (unpaired) electrons. The summed E-state index contributed by atoms with van der Waals surface area (Å²) in [5, 5.41) is 2.26. The molecule has 4 bridgehead atoms. The molecule has 92 valence electrons. The fourth-order valence-electron chi connectivity index (χ4n) is 5.55. The molecule has 0 saturated heterocycles. The third-order valence-electron chi connectivity index (χ3n) is 5.97. The fourth-order valence-corrected chi connectivity index (χ4v) is 6.47. The van der Waals surface area contributed by atoms with Gasteiger partial charge in [-0.2, -0.15) is 0 Å². The van der Waals surface area contributed by atoms with Gasteiger partial charge in [-0.25, -0.2) is 0 Å². The van der Waals surface area contributed by atoms with Gasteiger partial charge in [0.15, 0.2) is 0 Å². The monoisotopic (exact) mass is 246 g/mol. The van der Waals surface area contributed by atoms with Gasteiger partial charge < -0.3 is 0 Å². The molecular formula is C16H22S. The third kappa shape index (κ3) is 1.54. The van der Waals surface area contributed by atoms with Gasteiger partial charge in [0.05, 0.1) is 0 Å². The van der Waals surface area contributed by atoms with Crippen LogP contribution in [0.25, 0.3) is 0 Å². The first-order valence-electron chi connectivity index (χ1n) is 7.28. The van der Waals surface area contributed by atoms with Crippen LogP contribution in [-0.4, -0.2) is 0 Å². The summed E-state index contributed by atoms with van der Waals surface area (Å²) < 4.78 is 0. The average Bonchev–Trinajstić information content (AvgIpc) is 2.79. The minimum Gasteiger partial charge on any atom is -0.149 e. The van der Waals surface area contributed by atoms with Crippen LogP contribution in [0.2, 0.25) is 0 Å². The summed E-state index contributed by atoms with van der Waals surface area (Å²) in [4.78, 5) is 1.65. The molecule has 5 rings (SSSR count). The number of hydrogen-bond acceptors (Lipinski definition) is 1. The Labute approximate surface area is 108 Å². The van der Waals surface area contributed by atoms with Gasteiger partial charge in [0.2, 0.25) is 0 Å². The smallest absolute Gasteiger partial charge is 0.00789 e. The van der Waals surface area contributed by atoms with E-state index in [1.165, 1.54) is 0 Å². The van der Waals surface area contributed by atoms with Gasteiger partial charge in [-0.1, -0.05) is 13.0 Å².